The summed E-state index contributed by atoms with van der Waals surface area (Å²) in [6.07, 6.45) is 19.6. The Morgan fingerprint density at radius 3 is 0.905 bits per heavy atom. The number of cyclic esters (lactones) is 5. The minimum absolute atomic E-state index is 0.000292. The molecule has 35 heteroatoms. The van der Waals surface area contributed by atoms with E-state index in [1.165, 1.54) is 51.5 Å². The van der Waals surface area contributed by atoms with E-state index in [9.17, 15) is 84.5 Å². The van der Waals surface area contributed by atoms with Gasteiger partial charge in [0.15, 0.2) is 11.2 Å². The summed E-state index contributed by atoms with van der Waals surface area (Å²) < 4.78 is 147. The molecule has 8 heterocycles. The van der Waals surface area contributed by atoms with Crippen LogP contribution in [0.1, 0.15) is 244 Å². The number of hydrogen-bond acceptors (Lipinski definition) is 24. The van der Waals surface area contributed by atoms with Crippen LogP contribution < -0.4 is 26.6 Å². The standard InChI is InChI=1S/C24H35NO6.2C23H33NO5.2C21H28F3NO4/c1-15-5-8-19-23(2,10-9-20-24(19,3)13-29-14-31-20)17(15)7-6-16-18(11-30-22(16)27)25-21(26)12-28-4;2*1-14-5-8-19-22(3,10-9-20-23(19,4)12-27-13-29-20)17(14)7-6-16-18(24-15(2)25)11-28-21(16)26;2*1-12-4-6-16-13(2)20(28,21(22,23)24)9-8-19(16,3)15(12)7-5-14-17(25-11-26)10-29-18(14)27/h6,17-20H,1,5,7-14H2,2-4H3,(H,25,26);2*6,17-20H,1,5,7-13H2,2-4H3,(H,24,25);2*5,11,13,15-17,28H,1,4,6-10H2,2-3H3,(H,25,26)/b3*16-6+;2*14-5+/t17-,18-,19+,20-,23+,24+;17-,18+,19+,20-,22+,23+;17-,18-,19+,20-,22+,23+;13-,15-,16-,17+,19+,20+;13-,15-,16-,17-,19+,20+/m11111/s1. The van der Waals surface area contributed by atoms with Gasteiger partial charge >= 0.3 is 42.2 Å². The third-order valence-electron chi connectivity index (χ3n) is 39.6. The highest BCUT2D eigenvalue weighted by atomic mass is 19.4. The van der Waals surface area contributed by atoms with Crippen LogP contribution in [0.4, 0.5) is 26.3 Å². The SMILES string of the molecule is C=C1CC[C@@H]2[C@@H](C)[C@](O)(C(F)(F)F)CC[C@@]2(C)[C@@H]1C/C=C1/C(=O)OC[C@@H]1NC=O.C=C1CC[C@@H]2[C@@H](C)[C@](O)(C(F)(F)F)CC[C@@]2(C)[C@@H]1C/C=C1/C(=O)OC[C@H]1NC=O.C=C1CC[C@@H]2[C@]3(C)COCO[C@@H]3CC[C@@]2(C)[C@@H]1C/C=C1/C(=O)OC[C@@H]1NC(C)=O.C=C1CC[C@@H]2[C@]3(C)COCO[C@@H]3CC[C@@]2(C)[C@@H]1C/C=C1/C(=O)OC[C@H]1NC(=O)COC.C=C1CC[C@@H]2[C@]3(C)COCO[C@@H]3CC[C@@]2(C)[C@@H]1C/C=C1/C(=O)OC[C@H]1NC(C)=O. The van der Waals surface area contributed by atoms with Gasteiger partial charge in [-0.05, 0) is 259 Å². The maximum Gasteiger partial charge on any atom is 0.417 e. The molecule has 0 radical (unpaired) electrons. The summed E-state index contributed by atoms with van der Waals surface area (Å²) in [5.41, 5.74) is 2.13. The molecule has 8 aliphatic heterocycles. The number of allylic oxidation sites excluding steroid dienone is 10. The second-order valence-corrected chi connectivity index (χ2v) is 47.3. The van der Waals surface area contributed by atoms with Crippen LogP contribution in [0.2, 0.25) is 0 Å². The van der Waals surface area contributed by atoms with Crippen molar-refractivity contribution in [3.8, 4) is 0 Å². The van der Waals surface area contributed by atoms with E-state index in [0.29, 0.717) is 129 Å². The first-order valence-electron chi connectivity index (χ1n) is 52.8. The van der Waals surface area contributed by atoms with Gasteiger partial charge in [0.2, 0.25) is 30.5 Å². The minimum Gasteiger partial charge on any atom is -0.460 e. The molecule has 0 spiro atoms. The van der Waals surface area contributed by atoms with E-state index in [1.54, 1.807) is 12.2 Å². The molecule has 0 aromatic rings. The van der Waals surface area contributed by atoms with Gasteiger partial charge in [-0.2, -0.15) is 26.3 Å². The molecule has 0 unspecified atom stereocenters. The number of halogens is 6. The molecule has 5 amide bonds. The lowest BCUT2D eigenvalue weighted by Crippen LogP contribution is -2.61. The van der Waals surface area contributed by atoms with Crippen molar-refractivity contribution in [3.63, 3.8) is 0 Å². The van der Waals surface area contributed by atoms with Gasteiger partial charge in [0.05, 0.1) is 96.2 Å². The number of hydrogen-bond donors (Lipinski definition) is 7. The normalized spacial score (nSPS) is 42.4. The van der Waals surface area contributed by atoms with Crippen molar-refractivity contribution in [2.75, 3.05) is 87.0 Å². The van der Waals surface area contributed by atoms with Crippen molar-refractivity contribution in [2.45, 2.75) is 316 Å². The van der Waals surface area contributed by atoms with E-state index in [4.69, 9.17) is 56.8 Å². The molecule has 7 N–H and O–H groups in total. The molecular weight excluding hydrogens is 1910 g/mol. The van der Waals surface area contributed by atoms with Crippen molar-refractivity contribution in [2.24, 2.45) is 114 Å². The van der Waals surface area contributed by atoms with Crippen molar-refractivity contribution in [1.29, 1.82) is 0 Å². The highest BCUT2D eigenvalue weighted by Crippen LogP contribution is 2.69. The zero-order valence-electron chi connectivity index (χ0n) is 87.9. The molecule has 0 aromatic heterocycles. The molecule has 0 aromatic carbocycles. The molecule has 10 saturated carbocycles. The van der Waals surface area contributed by atoms with Gasteiger partial charge in [0.25, 0.3) is 0 Å². The lowest BCUT2D eigenvalue weighted by Gasteiger charge is -2.61. The van der Waals surface area contributed by atoms with Gasteiger partial charge in [0, 0.05) is 37.2 Å². The molecule has 18 aliphatic rings. The number of rotatable bonds is 19. The molecule has 816 valence electrons. The Morgan fingerprint density at radius 1 is 0.381 bits per heavy atom. The molecule has 29 nitrogen and oxygen atoms in total. The topological polar surface area (TPSA) is 382 Å². The zero-order valence-corrected chi connectivity index (χ0v) is 87.9. The smallest absolute Gasteiger partial charge is 0.417 e. The van der Waals surface area contributed by atoms with Crippen LogP contribution in [0.15, 0.2) is 119 Å². The molecule has 147 heavy (non-hydrogen) atoms. The van der Waals surface area contributed by atoms with E-state index < -0.39 is 76.3 Å². The number of carbonyl (C=O) groups is 10. The summed E-state index contributed by atoms with van der Waals surface area (Å²) in [6, 6.07) is -2.16. The monoisotopic (exact) mass is 2070 g/mol. The predicted molar refractivity (Wildman–Crippen MR) is 528 cm³/mol. The molecule has 8 saturated heterocycles. The number of amides is 5. The number of ether oxygens (including phenoxy) is 12. The second-order valence-electron chi connectivity index (χ2n) is 47.3. The number of aliphatic hydroxyl groups is 2. The van der Waals surface area contributed by atoms with E-state index in [2.05, 4.69) is 101 Å². The van der Waals surface area contributed by atoms with Crippen molar-refractivity contribution in [3.05, 3.63) is 119 Å². The fraction of sp³-hybridized carbons (Fsp3) is 0.732. The lowest BCUT2D eigenvalue weighted by atomic mass is 9.46. The first-order chi connectivity index (χ1) is 69.2. The molecule has 18 fully saturated rings. The van der Waals surface area contributed by atoms with Crippen LogP contribution in [0.5, 0.6) is 0 Å². The minimum atomic E-state index is -4.67. The number of fused-ring (bicyclic) bond motifs is 11. The van der Waals surface area contributed by atoms with Gasteiger partial charge in [-0.3, -0.25) is 24.0 Å². The molecule has 10 aliphatic carbocycles. The Morgan fingerprint density at radius 2 is 0.639 bits per heavy atom. The summed E-state index contributed by atoms with van der Waals surface area (Å²) in [5.74, 6) is -2.93. The number of esters is 5. The van der Waals surface area contributed by atoms with Crippen LogP contribution in [-0.4, -0.2) is 230 Å². The number of carbonyl (C=O) groups excluding carboxylic acids is 10. The highest BCUT2D eigenvalue weighted by molar-refractivity contribution is 5.95. The summed E-state index contributed by atoms with van der Waals surface area (Å²) in [5, 5.41) is 34.5. The lowest BCUT2D eigenvalue weighted by molar-refractivity contribution is -0.306. The summed E-state index contributed by atoms with van der Waals surface area (Å²) in [7, 11) is 1.47. The fourth-order valence-corrected chi connectivity index (χ4v) is 31.4. The van der Waals surface area contributed by atoms with Crippen LogP contribution in [0.25, 0.3) is 0 Å². The van der Waals surface area contributed by atoms with E-state index in [0.717, 1.165) is 127 Å². The number of alkyl halides is 6. The molecule has 0 bridgehead atoms. The van der Waals surface area contributed by atoms with Gasteiger partial charge in [0.1, 0.15) is 60.0 Å². The van der Waals surface area contributed by atoms with Gasteiger partial charge < -0.3 is 93.6 Å². The largest absolute Gasteiger partial charge is 0.460 e. The first kappa shape index (κ1) is 114. The Kier molecular flexibility index (Phi) is 34.8. The average Bonchev–Trinajstić information content (AvgIpc) is 1.66. The Balaban J connectivity index is 0.000000145. The summed E-state index contributed by atoms with van der Waals surface area (Å²) in [6.45, 7) is 49.7. The van der Waals surface area contributed by atoms with E-state index >= 15 is 0 Å². The van der Waals surface area contributed by atoms with Gasteiger partial charge in [-0.25, -0.2) is 24.0 Å². The zero-order chi connectivity index (χ0) is 107. The molecule has 18 rings (SSSR count). The van der Waals surface area contributed by atoms with Crippen LogP contribution in [-0.2, 0) is 105 Å². The fourth-order valence-electron chi connectivity index (χ4n) is 31.4. The third-order valence-corrected chi connectivity index (χ3v) is 39.6. The Bertz CT molecular complexity index is 4940. The predicted octanol–water partition coefficient (Wildman–Crippen LogP) is 15.6. The molecular formula is C112H157F6N5O24. The van der Waals surface area contributed by atoms with Crippen molar-refractivity contribution in [1.82, 2.24) is 26.6 Å². The average molecular weight is 2070 g/mol. The quantitative estimate of drug-likeness (QED) is 0.0158. The Hall–Kier alpha value is -8.68. The van der Waals surface area contributed by atoms with Crippen LogP contribution in [0.3, 0.4) is 0 Å². The summed E-state index contributed by atoms with van der Waals surface area (Å²) >= 11 is 0. The van der Waals surface area contributed by atoms with E-state index in [-0.39, 0.29) is 193 Å². The third kappa shape index (κ3) is 22.1. The van der Waals surface area contributed by atoms with Crippen molar-refractivity contribution < 1.29 is 141 Å². The van der Waals surface area contributed by atoms with Crippen LogP contribution >= 0.6 is 0 Å². The maximum atomic E-state index is 13.6. The second kappa shape index (κ2) is 44.9. The van der Waals surface area contributed by atoms with Crippen molar-refractivity contribution >= 4 is 60.4 Å². The highest BCUT2D eigenvalue weighted by Gasteiger charge is 2.69. The summed E-state index contributed by atoms with van der Waals surface area (Å²) in [4.78, 5) is 117. The van der Waals surface area contributed by atoms with Crippen LogP contribution in [0, 0.1) is 114 Å². The first-order valence-corrected chi connectivity index (χ1v) is 52.8. The molecule has 30 atom stereocenters. The number of methoxy groups -OCH3 is 1. The number of nitrogens with one attached hydrogen (secondary N) is 5. The van der Waals surface area contributed by atoms with E-state index in [1.807, 2.05) is 32.1 Å². The van der Waals surface area contributed by atoms with Gasteiger partial charge in [-0.1, -0.05) is 160 Å². The van der Waals surface area contributed by atoms with Gasteiger partial charge in [-0.15, -0.1) is 0 Å². The maximum absolute atomic E-state index is 13.6. The Labute approximate surface area is 860 Å².